The van der Waals surface area contributed by atoms with Crippen LogP contribution in [0.3, 0.4) is 0 Å². The van der Waals surface area contributed by atoms with Gasteiger partial charge in [0.1, 0.15) is 0 Å². The van der Waals surface area contributed by atoms with Gasteiger partial charge in [0.25, 0.3) is 0 Å². The molecule has 0 spiro atoms. The molecule has 2 rings (SSSR count). The second-order valence-corrected chi connectivity index (χ2v) is 7.05. The van der Waals surface area contributed by atoms with Crippen LogP contribution in [0.5, 0.6) is 0 Å². The van der Waals surface area contributed by atoms with Crippen LogP contribution < -0.4 is 10.6 Å². The van der Waals surface area contributed by atoms with Gasteiger partial charge in [0.2, 0.25) is 0 Å². The Labute approximate surface area is 171 Å². The van der Waals surface area contributed by atoms with Crippen molar-refractivity contribution in [2.45, 2.75) is 0 Å². The second kappa shape index (κ2) is 12.9. The first kappa shape index (κ1) is 23.6. The maximum absolute atomic E-state index is 4.88. The number of hydrogen-bond donors (Lipinski definition) is 2. The fourth-order valence-corrected chi connectivity index (χ4v) is 2.60. The summed E-state index contributed by atoms with van der Waals surface area (Å²) in [6.45, 7) is 8.04. The van der Waals surface area contributed by atoms with Crippen molar-refractivity contribution in [2.24, 2.45) is 0 Å². The third-order valence-electron chi connectivity index (χ3n) is 3.56. The van der Waals surface area contributed by atoms with Gasteiger partial charge in [-0.2, -0.15) is 0 Å². The molecular weight excluding hydrogens is 415 g/mol. The minimum atomic E-state index is 0. The third kappa shape index (κ3) is 9.00. The molecule has 0 aromatic rings. The van der Waals surface area contributed by atoms with Crippen molar-refractivity contribution in [3.63, 3.8) is 0 Å². The number of nitrogens with one attached hydrogen (secondary N) is 2. The fourth-order valence-electron chi connectivity index (χ4n) is 2.14. The first-order valence-corrected chi connectivity index (χ1v) is 8.87. The zero-order valence-electron chi connectivity index (χ0n) is 13.4. The van der Waals surface area contributed by atoms with Gasteiger partial charge in [-0.15, -0.1) is 0 Å². The zero-order chi connectivity index (χ0) is 16.5. The maximum atomic E-state index is 4.88. The number of hydrazine groups is 2. The Morgan fingerprint density at radius 3 is 1.26 bits per heavy atom. The molecule has 2 heterocycles. The molecule has 2 saturated heterocycles. The first-order chi connectivity index (χ1) is 10.4. The van der Waals surface area contributed by atoms with Gasteiger partial charge in [0, 0.05) is 66.5 Å². The summed E-state index contributed by atoms with van der Waals surface area (Å²) < 4.78 is 1.04. The molecular formula is C12H24CoN6S4. The van der Waals surface area contributed by atoms with Crippen LogP contribution in [0.15, 0.2) is 0 Å². The Morgan fingerprint density at radius 1 is 0.783 bits per heavy atom. The molecule has 0 aliphatic carbocycles. The summed E-state index contributed by atoms with van der Waals surface area (Å²) in [5.74, 6) is 0. The number of hydrogen-bond acceptors (Lipinski definition) is 8. The number of nitrogens with zero attached hydrogens (tertiary/aromatic N) is 4. The molecule has 6 nitrogen and oxygen atoms in total. The van der Waals surface area contributed by atoms with E-state index in [0.29, 0.717) is 8.64 Å². The number of thiocarbonyl (C=S) groups is 2. The average Bonchev–Trinajstić information content (AvgIpc) is 2.55. The smallest absolute Gasteiger partial charge is 0.410 e. The SMILES string of the molecule is CN(C(=S)[S-])N1CCNCC1.CN(C(=S)[S-])N1CCNCC1.[Co+2]. The fraction of sp³-hybridized carbons (Fsp3) is 0.833. The summed E-state index contributed by atoms with van der Waals surface area (Å²) >= 11 is 19.5. The molecule has 11 heteroatoms. The monoisotopic (exact) mass is 439 g/mol. The van der Waals surface area contributed by atoms with Crippen LogP contribution in [-0.4, -0.2) is 95.1 Å². The minimum absolute atomic E-state index is 0. The van der Waals surface area contributed by atoms with E-state index in [-0.39, 0.29) is 16.8 Å². The topological polar surface area (TPSA) is 37.0 Å². The molecule has 2 fully saturated rings. The maximum Gasteiger partial charge on any atom is 2.00 e. The summed E-state index contributed by atoms with van der Waals surface area (Å²) in [5.41, 5.74) is 0. The van der Waals surface area contributed by atoms with E-state index in [1.807, 2.05) is 24.1 Å². The Balaban J connectivity index is 0.000000403. The summed E-state index contributed by atoms with van der Waals surface area (Å²) in [6.07, 6.45) is 0. The van der Waals surface area contributed by atoms with Gasteiger partial charge < -0.3 is 70.3 Å². The Kier molecular flexibility index (Phi) is 13.2. The minimum Gasteiger partial charge on any atom is -0.410 e. The van der Waals surface area contributed by atoms with E-state index in [1.54, 1.807) is 0 Å². The summed E-state index contributed by atoms with van der Waals surface area (Å²) in [5, 5.41) is 14.6. The van der Waals surface area contributed by atoms with Crippen molar-refractivity contribution in [3.8, 4) is 0 Å². The van der Waals surface area contributed by atoms with Crippen molar-refractivity contribution < 1.29 is 16.8 Å². The largest absolute Gasteiger partial charge is 2.00 e. The molecule has 2 aliphatic rings. The second-order valence-electron chi connectivity index (χ2n) is 4.99. The van der Waals surface area contributed by atoms with Gasteiger partial charge in [-0.1, -0.05) is 0 Å². The van der Waals surface area contributed by atoms with E-state index < -0.39 is 0 Å². The molecule has 0 saturated carbocycles. The van der Waals surface area contributed by atoms with Gasteiger partial charge >= 0.3 is 16.8 Å². The molecule has 135 valence electrons. The molecule has 0 atom stereocenters. The molecule has 23 heavy (non-hydrogen) atoms. The molecule has 0 unspecified atom stereocenters. The molecule has 0 amide bonds. The quantitative estimate of drug-likeness (QED) is 0.419. The van der Waals surface area contributed by atoms with Crippen LogP contribution in [0.25, 0.3) is 0 Å². The molecule has 1 radical (unpaired) electrons. The molecule has 2 aliphatic heterocycles. The zero-order valence-corrected chi connectivity index (χ0v) is 17.7. The normalized spacial score (nSPS) is 18.9. The van der Waals surface area contributed by atoms with Crippen molar-refractivity contribution in [2.75, 3.05) is 66.5 Å². The third-order valence-corrected chi connectivity index (χ3v) is 4.62. The molecule has 0 aromatic carbocycles. The van der Waals surface area contributed by atoms with Gasteiger partial charge in [-0.25, -0.2) is 10.0 Å². The summed E-state index contributed by atoms with van der Waals surface area (Å²) in [4.78, 5) is 0. The van der Waals surface area contributed by atoms with Crippen LogP contribution in [0.2, 0.25) is 0 Å². The Hall–Kier alpha value is 0.566. The number of rotatable bonds is 2. The van der Waals surface area contributed by atoms with E-state index in [0.717, 1.165) is 52.4 Å². The standard InChI is InChI=1S/2C6H13N3S2.Co/c2*1-8(6(10)11)9-4-2-7-3-5-9;/h2*7H,2-5H2,1H3,(H,10,11);/q;;+2/p-2. The molecule has 0 bridgehead atoms. The van der Waals surface area contributed by atoms with Gasteiger partial charge in [-0.3, -0.25) is 0 Å². The van der Waals surface area contributed by atoms with Crippen LogP contribution in [0.1, 0.15) is 0 Å². The average molecular weight is 440 g/mol. The van der Waals surface area contributed by atoms with E-state index in [2.05, 4.69) is 20.7 Å². The molecule has 2 N–H and O–H groups in total. The van der Waals surface area contributed by atoms with E-state index >= 15 is 0 Å². The number of piperazine rings is 2. The van der Waals surface area contributed by atoms with Gasteiger partial charge in [0.15, 0.2) is 0 Å². The van der Waals surface area contributed by atoms with Gasteiger partial charge in [0.05, 0.1) is 0 Å². The summed E-state index contributed by atoms with van der Waals surface area (Å²) in [6, 6.07) is 0. The van der Waals surface area contributed by atoms with Gasteiger partial charge in [-0.05, 0) is 8.64 Å². The van der Waals surface area contributed by atoms with Crippen molar-refractivity contribution in [1.29, 1.82) is 0 Å². The van der Waals surface area contributed by atoms with Crippen LogP contribution >= 0.6 is 24.4 Å². The van der Waals surface area contributed by atoms with E-state index in [4.69, 9.17) is 49.7 Å². The van der Waals surface area contributed by atoms with Crippen molar-refractivity contribution in [3.05, 3.63) is 0 Å². The molecule has 0 aromatic heterocycles. The van der Waals surface area contributed by atoms with Crippen LogP contribution in [0.4, 0.5) is 0 Å². The predicted molar refractivity (Wildman–Crippen MR) is 104 cm³/mol. The van der Waals surface area contributed by atoms with Crippen LogP contribution in [-0.2, 0) is 42.0 Å². The van der Waals surface area contributed by atoms with E-state index in [9.17, 15) is 0 Å². The van der Waals surface area contributed by atoms with Crippen LogP contribution in [0, 0.1) is 0 Å². The Morgan fingerprint density at radius 2 is 1.04 bits per heavy atom. The summed E-state index contributed by atoms with van der Waals surface area (Å²) in [7, 11) is 3.83. The van der Waals surface area contributed by atoms with Crippen molar-refractivity contribution in [1.82, 2.24) is 30.7 Å². The first-order valence-electron chi connectivity index (χ1n) is 7.24. The predicted octanol–water partition coefficient (Wildman–Crippen LogP) is -0.862. The van der Waals surface area contributed by atoms with Crippen molar-refractivity contribution >= 4 is 58.3 Å². The Bertz CT molecular complexity index is 329. The van der Waals surface area contributed by atoms with E-state index in [1.165, 1.54) is 0 Å².